The Labute approximate surface area is 253 Å². The monoisotopic (exact) mass is 612 g/mol. The summed E-state index contributed by atoms with van der Waals surface area (Å²) in [4.78, 5) is 12.6. The molecular formula is C33H19ClF2N2O2S2. The molecule has 0 fully saturated rings. The van der Waals surface area contributed by atoms with Crippen molar-refractivity contribution in [2.45, 2.75) is 11.8 Å². The van der Waals surface area contributed by atoms with Crippen LogP contribution in [0.15, 0.2) is 95.2 Å². The molecule has 0 saturated heterocycles. The third-order valence-corrected chi connectivity index (χ3v) is 9.08. The highest BCUT2D eigenvalue weighted by Crippen LogP contribution is 2.47. The largest absolute Gasteiger partial charge is 0.478 e. The van der Waals surface area contributed by atoms with Gasteiger partial charge in [-0.15, -0.1) is 11.3 Å². The number of carboxylic acid groups (broad SMARTS) is 1. The molecule has 206 valence electrons. The molecule has 0 spiro atoms. The maximum atomic E-state index is 14.7. The number of carbonyl (C=O) groups is 1. The minimum atomic E-state index is -1.08. The zero-order valence-corrected chi connectivity index (χ0v) is 24.2. The molecule has 2 heterocycles. The van der Waals surface area contributed by atoms with Gasteiger partial charge in [0.05, 0.1) is 16.8 Å². The predicted octanol–water partition coefficient (Wildman–Crippen LogP) is 10.1. The van der Waals surface area contributed by atoms with Crippen LogP contribution in [0.2, 0.25) is 5.02 Å². The molecule has 0 aliphatic rings. The molecule has 4 aromatic carbocycles. The Morgan fingerprint density at radius 2 is 1.79 bits per heavy atom. The Morgan fingerprint density at radius 1 is 0.976 bits per heavy atom. The van der Waals surface area contributed by atoms with Gasteiger partial charge in [0, 0.05) is 37.6 Å². The first kappa shape index (κ1) is 27.7. The summed E-state index contributed by atoms with van der Waals surface area (Å²) in [5.74, 6) is -1.84. The van der Waals surface area contributed by atoms with Gasteiger partial charge >= 0.3 is 5.97 Å². The molecule has 0 atom stereocenters. The van der Waals surface area contributed by atoms with Crippen molar-refractivity contribution in [1.82, 2.24) is 3.97 Å². The Hall–Kier alpha value is -4.42. The quantitative estimate of drug-likeness (QED) is 0.203. The third-order valence-electron chi connectivity index (χ3n) is 6.93. The number of fused-ring (bicyclic) bond motifs is 1. The molecular weight excluding hydrogens is 594 g/mol. The lowest BCUT2D eigenvalue weighted by Crippen LogP contribution is -1.96. The lowest BCUT2D eigenvalue weighted by Gasteiger charge is -2.14. The molecule has 42 heavy (non-hydrogen) atoms. The van der Waals surface area contributed by atoms with Gasteiger partial charge in [0.2, 0.25) is 0 Å². The average Bonchev–Trinajstić information content (AvgIpc) is 3.56. The zero-order chi connectivity index (χ0) is 29.5. The SMILES string of the molecule is Cc1ccc(Sn2c(-c3cccc(-c4ccc(C(=O)O)cc4Cl)c3)c(-c3ccsc3C#N)c3cc(F)ccc32)cc1F. The van der Waals surface area contributed by atoms with Crippen molar-refractivity contribution in [3.8, 4) is 39.6 Å². The number of hydrogen-bond acceptors (Lipinski definition) is 4. The second kappa shape index (κ2) is 11.1. The average molecular weight is 613 g/mol. The Morgan fingerprint density at radius 3 is 2.52 bits per heavy atom. The Bertz CT molecular complexity index is 2080. The summed E-state index contributed by atoms with van der Waals surface area (Å²) in [5, 5.41) is 22.0. The van der Waals surface area contributed by atoms with Gasteiger partial charge in [-0.2, -0.15) is 5.26 Å². The van der Waals surface area contributed by atoms with E-state index in [1.807, 2.05) is 45.8 Å². The number of aryl methyl sites for hydroxylation is 1. The smallest absolute Gasteiger partial charge is 0.335 e. The van der Waals surface area contributed by atoms with Crippen LogP contribution in [-0.4, -0.2) is 15.0 Å². The number of rotatable bonds is 6. The molecule has 4 nitrogen and oxygen atoms in total. The van der Waals surface area contributed by atoms with Gasteiger partial charge in [-0.3, -0.25) is 3.97 Å². The molecule has 0 bridgehead atoms. The van der Waals surface area contributed by atoms with E-state index in [0.29, 0.717) is 48.6 Å². The molecule has 2 aromatic heterocycles. The maximum absolute atomic E-state index is 14.7. The first-order valence-corrected chi connectivity index (χ1v) is 14.7. The maximum Gasteiger partial charge on any atom is 0.335 e. The summed E-state index contributed by atoms with van der Waals surface area (Å²) >= 11 is 9.11. The normalized spacial score (nSPS) is 11.1. The summed E-state index contributed by atoms with van der Waals surface area (Å²) in [6.07, 6.45) is 0. The van der Waals surface area contributed by atoms with E-state index in [4.69, 9.17) is 11.6 Å². The van der Waals surface area contributed by atoms with Crippen LogP contribution < -0.4 is 0 Å². The number of benzene rings is 4. The van der Waals surface area contributed by atoms with Crippen molar-refractivity contribution in [1.29, 1.82) is 5.26 Å². The number of nitrogens with zero attached hydrogens (tertiary/aromatic N) is 2. The molecule has 0 radical (unpaired) electrons. The number of aromatic carboxylic acids is 1. The molecule has 0 amide bonds. The second-order valence-electron chi connectivity index (χ2n) is 9.54. The summed E-state index contributed by atoms with van der Waals surface area (Å²) in [6, 6.07) is 25.7. The fourth-order valence-corrected chi connectivity index (χ4v) is 6.93. The van der Waals surface area contributed by atoms with Crippen LogP contribution in [-0.2, 0) is 0 Å². The number of thiophene rings is 1. The van der Waals surface area contributed by atoms with Crippen molar-refractivity contribution < 1.29 is 18.7 Å². The Kier molecular flexibility index (Phi) is 7.33. The first-order chi connectivity index (χ1) is 20.2. The van der Waals surface area contributed by atoms with Crippen LogP contribution in [0.3, 0.4) is 0 Å². The van der Waals surface area contributed by atoms with Gasteiger partial charge in [-0.25, -0.2) is 13.6 Å². The van der Waals surface area contributed by atoms with Gasteiger partial charge in [-0.1, -0.05) is 41.9 Å². The van der Waals surface area contributed by atoms with Gasteiger partial charge in [0.25, 0.3) is 0 Å². The van der Waals surface area contributed by atoms with E-state index in [2.05, 4.69) is 6.07 Å². The number of nitriles is 1. The molecule has 1 N–H and O–H groups in total. The molecule has 0 unspecified atom stereocenters. The van der Waals surface area contributed by atoms with Crippen molar-refractivity contribution in [2.24, 2.45) is 0 Å². The fourth-order valence-electron chi connectivity index (χ4n) is 4.91. The van der Waals surface area contributed by atoms with E-state index in [-0.39, 0.29) is 16.4 Å². The molecule has 0 saturated carbocycles. The van der Waals surface area contributed by atoms with E-state index in [1.165, 1.54) is 53.6 Å². The molecule has 0 aliphatic heterocycles. The molecule has 9 heteroatoms. The van der Waals surface area contributed by atoms with Crippen LogP contribution in [0.1, 0.15) is 20.8 Å². The van der Waals surface area contributed by atoms with Crippen molar-refractivity contribution in [3.05, 3.63) is 123 Å². The van der Waals surface area contributed by atoms with Crippen molar-refractivity contribution in [3.63, 3.8) is 0 Å². The van der Waals surface area contributed by atoms with Crippen molar-refractivity contribution in [2.75, 3.05) is 0 Å². The van der Waals surface area contributed by atoms with Crippen molar-refractivity contribution >= 4 is 51.8 Å². The van der Waals surface area contributed by atoms with Crippen LogP contribution in [0.25, 0.3) is 44.4 Å². The number of aromatic nitrogens is 1. The second-order valence-corrected chi connectivity index (χ2v) is 11.9. The van der Waals surface area contributed by atoms with Crippen LogP contribution in [0.5, 0.6) is 0 Å². The summed E-state index contributed by atoms with van der Waals surface area (Å²) in [6.45, 7) is 1.70. The Balaban J connectivity index is 1.65. The van der Waals surface area contributed by atoms with E-state index >= 15 is 0 Å². The highest BCUT2D eigenvalue weighted by molar-refractivity contribution is 7.98. The number of halogens is 3. The fraction of sp³-hybridized carbons (Fsp3) is 0.0303. The zero-order valence-electron chi connectivity index (χ0n) is 21.9. The topological polar surface area (TPSA) is 66.0 Å². The molecule has 6 aromatic rings. The van der Waals surface area contributed by atoms with Crippen LogP contribution in [0, 0.1) is 29.9 Å². The van der Waals surface area contributed by atoms with Gasteiger partial charge < -0.3 is 5.11 Å². The minimum Gasteiger partial charge on any atom is -0.478 e. The minimum absolute atomic E-state index is 0.0764. The lowest BCUT2D eigenvalue weighted by atomic mass is 9.96. The summed E-state index contributed by atoms with van der Waals surface area (Å²) < 4.78 is 31.3. The lowest BCUT2D eigenvalue weighted by molar-refractivity contribution is 0.0697. The summed E-state index contributed by atoms with van der Waals surface area (Å²) in [5.41, 5.74) is 5.44. The molecule has 6 rings (SSSR count). The standard InChI is InChI=1S/C33H19ClF2N2O2S2/c1-18-5-8-23(16-28(18)36)42-38-29-10-7-22(35)15-26(29)31(25-11-12-41-30(25)17-37)32(38)20-4-2-3-19(13-20)24-9-6-21(33(39)40)14-27(24)34/h2-16H,1H3,(H,39,40). The summed E-state index contributed by atoms with van der Waals surface area (Å²) in [7, 11) is 0. The third kappa shape index (κ3) is 4.96. The van der Waals surface area contributed by atoms with Gasteiger partial charge in [0.1, 0.15) is 22.6 Å². The number of carboxylic acids is 1. The number of hydrogen-bond donors (Lipinski definition) is 1. The highest BCUT2D eigenvalue weighted by atomic mass is 35.5. The van der Waals surface area contributed by atoms with E-state index in [0.717, 1.165) is 11.1 Å². The van der Waals surface area contributed by atoms with E-state index in [9.17, 15) is 23.9 Å². The highest BCUT2D eigenvalue weighted by Gasteiger charge is 2.25. The van der Waals surface area contributed by atoms with Gasteiger partial charge in [0.15, 0.2) is 0 Å². The van der Waals surface area contributed by atoms with Crippen LogP contribution in [0.4, 0.5) is 8.78 Å². The predicted molar refractivity (Wildman–Crippen MR) is 165 cm³/mol. The van der Waals surface area contributed by atoms with E-state index in [1.54, 1.807) is 25.1 Å². The molecule has 0 aliphatic carbocycles. The van der Waals surface area contributed by atoms with Crippen LogP contribution >= 0.6 is 34.9 Å². The van der Waals surface area contributed by atoms with Gasteiger partial charge in [-0.05, 0) is 90.0 Å². The van der Waals surface area contributed by atoms with E-state index < -0.39 is 11.8 Å². The first-order valence-electron chi connectivity index (χ1n) is 12.6.